The number of aromatic nitrogens is 1. The summed E-state index contributed by atoms with van der Waals surface area (Å²) < 4.78 is 5.04. The molecule has 0 saturated heterocycles. The molecule has 1 aromatic carbocycles. The van der Waals surface area contributed by atoms with Crippen LogP contribution in [0.3, 0.4) is 0 Å². The van der Waals surface area contributed by atoms with Crippen molar-refractivity contribution in [1.82, 2.24) is 4.98 Å². The van der Waals surface area contributed by atoms with Crippen LogP contribution in [0, 0.1) is 10.1 Å². The highest BCUT2D eigenvalue weighted by Gasteiger charge is 2.20. The molecule has 7 heteroatoms. The van der Waals surface area contributed by atoms with Crippen LogP contribution in [-0.2, 0) is 0 Å². The van der Waals surface area contributed by atoms with E-state index in [4.69, 9.17) is 4.74 Å². The number of hydrogen-bond donors (Lipinski definition) is 1. The van der Waals surface area contributed by atoms with Crippen LogP contribution in [0.5, 0.6) is 5.75 Å². The van der Waals surface area contributed by atoms with Gasteiger partial charge in [-0.15, -0.1) is 0 Å². The van der Waals surface area contributed by atoms with Gasteiger partial charge in [-0.2, -0.15) is 0 Å². The number of nitro benzene ring substituents is 1. The lowest BCUT2D eigenvalue weighted by Crippen LogP contribution is -2.14. The average molecular weight is 273 g/mol. The van der Waals surface area contributed by atoms with Crippen molar-refractivity contribution in [2.75, 3.05) is 12.4 Å². The number of nitro groups is 1. The number of nitrogens with one attached hydrogen (secondary N) is 1. The van der Waals surface area contributed by atoms with Crippen LogP contribution in [-0.4, -0.2) is 22.9 Å². The fraction of sp³-hybridized carbons (Fsp3) is 0.0769. The second-order valence-electron chi connectivity index (χ2n) is 3.81. The van der Waals surface area contributed by atoms with Gasteiger partial charge in [0, 0.05) is 18.5 Å². The second-order valence-corrected chi connectivity index (χ2v) is 3.81. The Morgan fingerprint density at radius 3 is 2.75 bits per heavy atom. The summed E-state index contributed by atoms with van der Waals surface area (Å²) in [5.74, 6) is -0.276. The molecule has 7 nitrogen and oxygen atoms in total. The molecule has 0 aliphatic carbocycles. The van der Waals surface area contributed by atoms with Crippen LogP contribution in [0.1, 0.15) is 10.4 Å². The van der Waals surface area contributed by atoms with E-state index in [-0.39, 0.29) is 17.1 Å². The maximum Gasteiger partial charge on any atom is 0.296 e. The molecular formula is C13H11N3O4. The molecule has 0 atom stereocenters. The highest BCUT2D eigenvalue weighted by Crippen LogP contribution is 2.34. The molecule has 0 saturated carbocycles. The molecule has 0 bridgehead atoms. The Morgan fingerprint density at radius 2 is 2.15 bits per heavy atom. The topological polar surface area (TPSA) is 94.4 Å². The number of pyridine rings is 1. The predicted molar refractivity (Wildman–Crippen MR) is 71.8 cm³/mol. The summed E-state index contributed by atoms with van der Waals surface area (Å²) in [6.07, 6.45) is 2.90. The molecule has 1 heterocycles. The quantitative estimate of drug-likeness (QED) is 0.681. The lowest BCUT2D eigenvalue weighted by molar-refractivity contribution is -0.384. The number of anilines is 1. The van der Waals surface area contributed by atoms with Gasteiger partial charge in [-0.05, 0) is 18.2 Å². The zero-order valence-corrected chi connectivity index (χ0v) is 10.6. The summed E-state index contributed by atoms with van der Waals surface area (Å²) in [5.41, 5.74) is 0.0862. The number of carbonyl (C=O) groups excluding carboxylic acids is 1. The van der Waals surface area contributed by atoms with Gasteiger partial charge in [0.1, 0.15) is 5.75 Å². The fourth-order valence-electron chi connectivity index (χ4n) is 1.65. The number of hydrogen-bond acceptors (Lipinski definition) is 5. The number of methoxy groups -OCH3 is 1. The van der Waals surface area contributed by atoms with E-state index >= 15 is 0 Å². The lowest BCUT2D eigenvalue weighted by atomic mass is 10.2. The minimum absolute atomic E-state index is 0.0221. The Labute approximate surface area is 114 Å². The molecule has 102 valence electrons. The second kappa shape index (κ2) is 5.79. The normalized spacial score (nSPS) is 9.85. The smallest absolute Gasteiger partial charge is 0.296 e. The van der Waals surface area contributed by atoms with E-state index in [1.165, 1.54) is 37.7 Å². The van der Waals surface area contributed by atoms with Crippen LogP contribution < -0.4 is 10.1 Å². The van der Waals surface area contributed by atoms with Gasteiger partial charge in [0.25, 0.3) is 11.6 Å². The molecule has 0 aliphatic heterocycles. The summed E-state index contributed by atoms with van der Waals surface area (Å²) in [6.45, 7) is 0. The maximum atomic E-state index is 12.0. The monoisotopic (exact) mass is 273 g/mol. The first-order valence-corrected chi connectivity index (χ1v) is 5.66. The molecule has 0 unspecified atom stereocenters. The van der Waals surface area contributed by atoms with Gasteiger partial charge >= 0.3 is 0 Å². The summed E-state index contributed by atoms with van der Waals surface area (Å²) in [4.78, 5) is 26.3. The van der Waals surface area contributed by atoms with Gasteiger partial charge in [-0.3, -0.25) is 19.9 Å². The van der Waals surface area contributed by atoms with Gasteiger partial charge in [-0.25, -0.2) is 0 Å². The average Bonchev–Trinajstić information content (AvgIpc) is 2.48. The van der Waals surface area contributed by atoms with Gasteiger partial charge in [0.2, 0.25) is 0 Å². The third-order valence-corrected chi connectivity index (χ3v) is 2.58. The SMILES string of the molecule is COc1cccc([N+](=O)[O-])c1NC(=O)c1cccnc1. The van der Waals surface area contributed by atoms with Crippen molar-refractivity contribution in [1.29, 1.82) is 0 Å². The van der Waals surface area contributed by atoms with E-state index in [0.717, 1.165) is 0 Å². The Bertz CT molecular complexity index is 643. The van der Waals surface area contributed by atoms with Crippen LogP contribution in [0.15, 0.2) is 42.7 Å². The van der Waals surface area contributed by atoms with E-state index in [1.54, 1.807) is 12.1 Å². The number of ether oxygens (including phenoxy) is 1. The van der Waals surface area contributed by atoms with Gasteiger partial charge in [-0.1, -0.05) is 6.07 Å². The van der Waals surface area contributed by atoms with Crippen LogP contribution in [0.4, 0.5) is 11.4 Å². The molecule has 1 aromatic heterocycles. The van der Waals surface area contributed by atoms with E-state index in [0.29, 0.717) is 5.56 Å². The number of carbonyl (C=O) groups is 1. The standard InChI is InChI=1S/C13H11N3O4/c1-20-11-6-2-5-10(16(18)19)12(11)15-13(17)9-4-3-7-14-8-9/h2-8H,1H3,(H,15,17). The minimum atomic E-state index is -0.582. The minimum Gasteiger partial charge on any atom is -0.494 e. The first-order valence-electron chi connectivity index (χ1n) is 5.66. The van der Waals surface area contributed by atoms with Crippen molar-refractivity contribution in [2.24, 2.45) is 0 Å². The molecule has 0 aliphatic rings. The van der Waals surface area contributed by atoms with E-state index in [2.05, 4.69) is 10.3 Å². The van der Waals surface area contributed by atoms with Crippen molar-refractivity contribution in [2.45, 2.75) is 0 Å². The molecule has 0 radical (unpaired) electrons. The van der Waals surface area contributed by atoms with Crippen LogP contribution in [0.25, 0.3) is 0 Å². The molecule has 2 aromatic rings. The highest BCUT2D eigenvalue weighted by molar-refractivity contribution is 6.06. The Hall–Kier alpha value is -2.96. The number of para-hydroxylation sites is 1. The molecule has 1 amide bonds. The summed E-state index contributed by atoms with van der Waals surface area (Å²) in [6, 6.07) is 7.47. The Balaban J connectivity index is 2.38. The maximum absolute atomic E-state index is 12.0. The molecule has 0 spiro atoms. The number of rotatable bonds is 4. The van der Waals surface area contributed by atoms with Crippen LogP contribution in [0.2, 0.25) is 0 Å². The first kappa shape index (κ1) is 13.5. The van der Waals surface area contributed by atoms with Crippen molar-refractivity contribution >= 4 is 17.3 Å². The molecule has 0 fully saturated rings. The highest BCUT2D eigenvalue weighted by atomic mass is 16.6. The van der Waals surface area contributed by atoms with Gasteiger partial charge in [0.05, 0.1) is 17.6 Å². The first-order chi connectivity index (χ1) is 9.63. The Kier molecular flexibility index (Phi) is 3.90. The van der Waals surface area contributed by atoms with Crippen molar-refractivity contribution < 1.29 is 14.5 Å². The van der Waals surface area contributed by atoms with Crippen molar-refractivity contribution in [3.05, 3.63) is 58.4 Å². The van der Waals surface area contributed by atoms with E-state index in [9.17, 15) is 14.9 Å². The van der Waals surface area contributed by atoms with Gasteiger partial charge in [0.15, 0.2) is 5.69 Å². The zero-order chi connectivity index (χ0) is 14.5. The molecule has 1 N–H and O–H groups in total. The number of nitrogens with zero attached hydrogens (tertiary/aromatic N) is 2. The Morgan fingerprint density at radius 1 is 1.35 bits per heavy atom. The summed E-state index contributed by atoms with van der Waals surface area (Å²) in [5, 5.41) is 13.5. The van der Waals surface area contributed by atoms with Crippen molar-refractivity contribution in [3.63, 3.8) is 0 Å². The molecule has 20 heavy (non-hydrogen) atoms. The van der Waals surface area contributed by atoms with E-state index in [1.807, 2.05) is 0 Å². The third kappa shape index (κ3) is 2.72. The van der Waals surface area contributed by atoms with E-state index < -0.39 is 10.8 Å². The molecular weight excluding hydrogens is 262 g/mol. The van der Waals surface area contributed by atoms with Gasteiger partial charge < -0.3 is 10.1 Å². The fourth-order valence-corrected chi connectivity index (χ4v) is 1.65. The summed E-state index contributed by atoms with van der Waals surface area (Å²) >= 11 is 0. The number of benzene rings is 1. The van der Waals surface area contributed by atoms with Crippen LogP contribution >= 0.6 is 0 Å². The zero-order valence-electron chi connectivity index (χ0n) is 10.6. The van der Waals surface area contributed by atoms with Crippen molar-refractivity contribution in [3.8, 4) is 5.75 Å². The number of amides is 1. The third-order valence-electron chi connectivity index (χ3n) is 2.58. The largest absolute Gasteiger partial charge is 0.494 e. The summed E-state index contributed by atoms with van der Waals surface area (Å²) in [7, 11) is 1.37. The molecule has 2 rings (SSSR count). The predicted octanol–water partition coefficient (Wildman–Crippen LogP) is 2.25. The lowest BCUT2D eigenvalue weighted by Gasteiger charge is -2.10.